The van der Waals surface area contributed by atoms with E-state index in [-0.39, 0.29) is 17.8 Å². The van der Waals surface area contributed by atoms with Gasteiger partial charge in [-0.2, -0.15) is 5.10 Å². The Balaban J connectivity index is 1.58. The van der Waals surface area contributed by atoms with Crippen molar-refractivity contribution in [2.24, 2.45) is 0 Å². The molecule has 9 heteroatoms. The molecule has 2 amide bonds. The van der Waals surface area contributed by atoms with Gasteiger partial charge >= 0.3 is 0 Å². The highest BCUT2D eigenvalue weighted by Crippen LogP contribution is 2.22. The fourth-order valence-corrected chi connectivity index (χ4v) is 2.70. The van der Waals surface area contributed by atoms with Crippen LogP contribution in [0.5, 0.6) is 5.75 Å². The van der Waals surface area contributed by atoms with E-state index in [1.807, 2.05) is 6.07 Å². The standard InChI is InChI=1S/C20H20FN5O3/c1-13-14(11-23-26(13)17-9-5-3-7-15(17)21)20(28)25-24-19(27)12-22-16-8-4-6-10-18(16)29-2/h3-11,22H,12H2,1-2H3,(H,24,27)(H,25,28). The first-order chi connectivity index (χ1) is 14.0. The fraction of sp³-hybridized carbons (Fsp3) is 0.150. The number of ether oxygens (including phenoxy) is 1. The van der Waals surface area contributed by atoms with Gasteiger partial charge < -0.3 is 10.1 Å². The molecule has 29 heavy (non-hydrogen) atoms. The van der Waals surface area contributed by atoms with Gasteiger partial charge in [0.1, 0.15) is 17.3 Å². The molecule has 0 aliphatic rings. The summed E-state index contributed by atoms with van der Waals surface area (Å²) in [4.78, 5) is 24.4. The Labute approximate surface area is 166 Å². The van der Waals surface area contributed by atoms with E-state index in [1.165, 1.54) is 24.1 Å². The van der Waals surface area contributed by atoms with Crippen LogP contribution in [-0.4, -0.2) is 35.2 Å². The molecule has 0 unspecified atom stereocenters. The second kappa shape index (κ2) is 8.87. The normalized spacial score (nSPS) is 10.3. The molecule has 3 N–H and O–H groups in total. The zero-order valence-corrected chi connectivity index (χ0v) is 15.9. The molecule has 2 aromatic carbocycles. The Kier molecular flexibility index (Phi) is 6.08. The molecule has 0 bridgehead atoms. The predicted molar refractivity (Wildman–Crippen MR) is 105 cm³/mol. The van der Waals surface area contributed by atoms with Crippen molar-refractivity contribution >= 4 is 17.5 Å². The number of hydrogen-bond acceptors (Lipinski definition) is 5. The van der Waals surface area contributed by atoms with Crippen molar-refractivity contribution in [3.05, 3.63) is 71.8 Å². The van der Waals surface area contributed by atoms with E-state index in [2.05, 4.69) is 21.3 Å². The van der Waals surface area contributed by atoms with E-state index < -0.39 is 17.6 Å². The van der Waals surface area contributed by atoms with Crippen LogP contribution in [0.1, 0.15) is 16.1 Å². The summed E-state index contributed by atoms with van der Waals surface area (Å²) < 4.78 is 20.5. The average molecular weight is 397 g/mol. The second-order valence-corrected chi connectivity index (χ2v) is 6.06. The molecule has 0 saturated carbocycles. The molecule has 0 radical (unpaired) electrons. The Morgan fingerprint density at radius 2 is 1.83 bits per heavy atom. The molecule has 0 spiro atoms. The summed E-state index contributed by atoms with van der Waals surface area (Å²) >= 11 is 0. The average Bonchev–Trinajstić information content (AvgIpc) is 3.12. The third kappa shape index (κ3) is 4.52. The summed E-state index contributed by atoms with van der Waals surface area (Å²) in [5.41, 5.74) is 6.19. The maximum absolute atomic E-state index is 14.0. The summed E-state index contributed by atoms with van der Waals surface area (Å²) in [6.07, 6.45) is 1.32. The zero-order valence-electron chi connectivity index (χ0n) is 15.9. The zero-order chi connectivity index (χ0) is 20.8. The number of benzene rings is 2. The molecule has 0 atom stereocenters. The summed E-state index contributed by atoms with van der Waals surface area (Å²) in [7, 11) is 1.53. The van der Waals surface area contributed by atoms with Gasteiger partial charge in [-0.15, -0.1) is 0 Å². The monoisotopic (exact) mass is 397 g/mol. The van der Waals surface area contributed by atoms with Crippen molar-refractivity contribution in [3.8, 4) is 11.4 Å². The molecule has 3 aromatic rings. The summed E-state index contributed by atoms with van der Waals surface area (Å²) in [5, 5.41) is 6.99. The lowest BCUT2D eigenvalue weighted by atomic mass is 10.2. The van der Waals surface area contributed by atoms with Crippen LogP contribution in [-0.2, 0) is 4.79 Å². The largest absolute Gasteiger partial charge is 0.495 e. The molecule has 1 aromatic heterocycles. The van der Waals surface area contributed by atoms with Crippen LogP contribution in [0.4, 0.5) is 10.1 Å². The smallest absolute Gasteiger partial charge is 0.273 e. The van der Waals surface area contributed by atoms with Gasteiger partial charge in [-0.1, -0.05) is 24.3 Å². The van der Waals surface area contributed by atoms with E-state index in [9.17, 15) is 14.0 Å². The van der Waals surface area contributed by atoms with Crippen LogP contribution in [0.2, 0.25) is 0 Å². The van der Waals surface area contributed by atoms with Crippen molar-refractivity contribution in [2.75, 3.05) is 19.0 Å². The predicted octanol–water partition coefficient (Wildman–Crippen LogP) is 2.20. The number of carbonyl (C=O) groups excluding carboxylic acids is 2. The minimum Gasteiger partial charge on any atom is -0.495 e. The van der Waals surface area contributed by atoms with Gasteiger partial charge in [-0.3, -0.25) is 20.4 Å². The van der Waals surface area contributed by atoms with E-state index in [1.54, 1.807) is 43.3 Å². The SMILES string of the molecule is COc1ccccc1NCC(=O)NNC(=O)c1cnn(-c2ccccc2F)c1C. The number of aromatic nitrogens is 2. The van der Waals surface area contributed by atoms with Crippen LogP contribution >= 0.6 is 0 Å². The number of para-hydroxylation sites is 3. The van der Waals surface area contributed by atoms with Gasteiger partial charge in [-0.05, 0) is 31.2 Å². The van der Waals surface area contributed by atoms with E-state index >= 15 is 0 Å². The highest BCUT2D eigenvalue weighted by molar-refractivity contribution is 5.96. The Morgan fingerprint density at radius 3 is 2.59 bits per heavy atom. The lowest BCUT2D eigenvalue weighted by Crippen LogP contribution is -2.44. The number of hydrazine groups is 1. The molecular formula is C20H20FN5O3. The number of anilines is 1. The van der Waals surface area contributed by atoms with E-state index in [4.69, 9.17) is 4.74 Å². The fourth-order valence-electron chi connectivity index (χ4n) is 2.70. The number of amides is 2. The molecule has 1 heterocycles. The third-order valence-corrected chi connectivity index (χ3v) is 4.20. The molecule has 0 aliphatic heterocycles. The maximum Gasteiger partial charge on any atom is 0.273 e. The summed E-state index contributed by atoms with van der Waals surface area (Å²) in [6.45, 7) is 1.56. The first-order valence-electron chi connectivity index (χ1n) is 8.77. The van der Waals surface area contributed by atoms with Gasteiger partial charge in [0.15, 0.2) is 0 Å². The van der Waals surface area contributed by atoms with E-state index in [0.29, 0.717) is 17.1 Å². The quantitative estimate of drug-likeness (QED) is 0.554. The van der Waals surface area contributed by atoms with Crippen LogP contribution < -0.4 is 20.9 Å². The number of nitrogens with one attached hydrogen (secondary N) is 3. The van der Waals surface area contributed by atoms with E-state index in [0.717, 1.165) is 0 Å². The molecular weight excluding hydrogens is 377 g/mol. The van der Waals surface area contributed by atoms with Crippen molar-refractivity contribution in [2.45, 2.75) is 6.92 Å². The van der Waals surface area contributed by atoms with Crippen LogP contribution in [0.15, 0.2) is 54.7 Å². The van der Waals surface area contributed by atoms with Gasteiger partial charge in [0, 0.05) is 0 Å². The molecule has 0 saturated heterocycles. The second-order valence-electron chi connectivity index (χ2n) is 6.06. The Bertz CT molecular complexity index is 1030. The van der Waals surface area contributed by atoms with Gasteiger partial charge in [0.05, 0.1) is 36.8 Å². The number of halogens is 1. The van der Waals surface area contributed by atoms with Crippen molar-refractivity contribution in [1.29, 1.82) is 0 Å². The topological polar surface area (TPSA) is 97.3 Å². The van der Waals surface area contributed by atoms with Gasteiger partial charge in [-0.25, -0.2) is 9.07 Å². The molecule has 3 rings (SSSR count). The van der Waals surface area contributed by atoms with Gasteiger partial charge in [0.25, 0.3) is 11.8 Å². The highest BCUT2D eigenvalue weighted by atomic mass is 19.1. The van der Waals surface area contributed by atoms with Crippen molar-refractivity contribution < 1.29 is 18.7 Å². The van der Waals surface area contributed by atoms with Crippen LogP contribution in [0.3, 0.4) is 0 Å². The number of methoxy groups -OCH3 is 1. The first kappa shape index (κ1) is 19.9. The summed E-state index contributed by atoms with van der Waals surface area (Å²) in [6, 6.07) is 13.3. The lowest BCUT2D eigenvalue weighted by Gasteiger charge is -2.11. The molecule has 0 fully saturated rings. The Hall–Kier alpha value is -3.88. The summed E-state index contributed by atoms with van der Waals surface area (Å²) in [5.74, 6) is -0.874. The van der Waals surface area contributed by atoms with Crippen LogP contribution in [0, 0.1) is 12.7 Å². The van der Waals surface area contributed by atoms with Crippen molar-refractivity contribution in [1.82, 2.24) is 20.6 Å². The first-order valence-corrected chi connectivity index (χ1v) is 8.77. The number of nitrogens with zero attached hydrogens (tertiary/aromatic N) is 2. The molecule has 150 valence electrons. The van der Waals surface area contributed by atoms with Crippen molar-refractivity contribution in [3.63, 3.8) is 0 Å². The number of carbonyl (C=O) groups is 2. The number of hydrogen-bond donors (Lipinski definition) is 3. The molecule has 8 nitrogen and oxygen atoms in total. The highest BCUT2D eigenvalue weighted by Gasteiger charge is 2.17. The minimum atomic E-state index is -0.560. The third-order valence-electron chi connectivity index (χ3n) is 4.20. The molecule has 0 aliphatic carbocycles. The Morgan fingerprint density at radius 1 is 1.10 bits per heavy atom. The van der Waals surface area contributed by atoms with Crippen LogP contribution in [0.25, 0.3) is 5.69 Å². The number of rotatable bonds is 6. The minimum absolute atomic E-state index is 0.0753. The lowest BCUT2D eigenvalue weighted by molar-refractivity contribution is -0.120. The van der Waals surface area contributed by atoms with Gasteiger partial charge in [0.2, 0.25) is 0 Å². The maximum atomic E-state index is 14.0.